The van der Waals surface area contributed by atoms with Crippen molar-refractivity contribution in [1.29, 1.82) is 0 Å². The standard InChI is InChI=1S/C21H21BrN4O3S/c22-15-11-18(29-17-4-2-1-3-5-17)19(23-12-15)25-20-24-16(13-30-20)10-14-6-8-26(9-7-14)21(27)28/h1-5,11-14H,6-10H2,(H,27,28)(H,23,24,25). The smallest absolute Gasteiger partial charge is 0.407 e. The molecule has 2 N–H and O–H groups in total. The first kappa shape index (κ1) is 20.6. The highest BCUT2D eigenvalue weighted by Crippen LogP contribution is 2.33. The molecule has 1 amide bonds. The second-order valence-corrected chi connectivity index (χ2v) is 8.88. The fourth-order valence-electron chi connectivity index (χ4n) is 3.39. The molecule has 3 heterocycles. The maximum atomic E-state index is 11.0. The number of aromatic nitrogens is 2. The maximum absolute atomic E-state index is 11.0. The van der Waals surface area contributed by atoms with E-state index in [1.807, 2.05) is 41.8 Å². The minimum Gasteiger partial charge on any atom is -0.465 e. The van der Waals surface area contributed by atoms with E-state index in [0.29, 0.717) is 30.6 Å². The molecule has 4 rings (SSSR count). The number of carboxylic acid groups (broad SMARTS) is 1. The van der Waals surface area contributed by atoms with Crippen LogP contribution in [0.15, 0.2) is 52.4 Å². The van der Waals surface area contributed by atoms with Crippen LogP contribution in [0.3, 0.4) is 0 Å². The van der Waals surface area contributed by atoms with Crippen LogP contribution < -0.4 is 10.1 Å². The summed E-state index contributed by atoms with van der Waals surface area (Å²) in [6.45, 7) is 1.19. The summed E-state index contributed by atoms with van der Waals surface area (Å²) in [5.41, 5.74) is 1.01. The Morgan fingerprint density at radius 2 is 2.07 bits per heavy atom. The second-order valence-electron chi connectivity index (χ2n) is 7.10. The zero-order valence-electron chi connectivity index (χ0n) is 16.1. The van der Waals surface area contributed by atoms with E-state index in [9.17, 15) is 4.79 Å². The minimum atomic E-state index is -0.830. The van der Waals surface area contributed by atoms with Crippen molar-refractivity contribution in [2.24, 2.45) is 5.92 Å². The van der Waals surface area contributed by atoms with Crippen LogP contribution in [0.25, 0.3) is 0 Å². The Balaban J connectivity index is 1.41. The van der Waals surface area contributed by atoms with Gasteiger partial charge in [0.1, 0.15) is 5.75 Å². The number of anilines is 2. The van der Waals surface area contributed by atoms with Gasteiger partial charge in [0.15, 0.2) is 16.7 Å². The van der Waals surface area contributed by atoms with Crippen molar-refractivity contribution in [1.82, 2.24) is 14.9 Å². The molecule has 0 radical (unpaired) electrons. The number of hydrogen-bond donors (Lipinski definition) is 2. The van der Waals surface area contributed by atoms with Crippen LogP contribution in [0.1, 0.15) is 18.5 Å². The molecule has 0 unspecified atom stereocenters. The highest BCUT2D eigenvalue weighted by Gasteiger charge is 2.23. The van der Waals surface area contributed by atoms with E-state index in [-0.39, 0.29) is 0 Å². The summed E-state index contributed by atoms with van der Waals surface area (Å²) in [5, 5.41) is 15.1. The number of rotatable bonds is 6. The molecule has 7 nitrogen and oxygen atoms in total. The quantitative estimate of drug-likeness (QED) is 0.457. The molecule has 156 valence electrons. The third kappa shape index (κ3) is 5.28. The molecule has 9 heteroatoms. The van der Waals surface area contributed by atoms with Crippen molar-refractivity contribution in [2.45, 2.75) is 19.3 Å². The number of nitrogens with zero attached hydrogens (tertiary/aromatic N) is 3. The molecule has 0 atom stereocenters. The molecule has 3 aromatic rings. The fourth-order valence-corrected chi connectivity index (χ4v) is 4.42. The predicted molar refractivity (Wildman–Crippen MR) is 120 cm³/mol. The summed E-state index contributed by atoms with van der Waals surface area (Å²) in [5.74, 6) is 2.39. The normalized spacial score (nSPS) is 14.5. The lowest BCUT2D eigenvalue weighted by Gasteiger charge is -2.29. The number of para-hydroxylation sites is 1. The highest BCUT2D eigenvalue weighted by atomic mass is 79.9. The average molecular weight is 489 g/mol. The molecule has 30 heavy (non-hydrogen) atoms. The summed E-state index contributed by atoms with van der Waals surface area (Å²) in [7, 11) is 0. The fraction of sp³-hybridized carbons (Fsp3) is 0.286. The number of halogens is 1. The first-order valence-electron chi connectivity index (χ1n) is 9.64. The monoisotopic (exact) mass is 488 g/mol. The van der Waals surface area contributed by atoms with Gasteiger partial charge in [-0.15, -0.1) is 11.3 Å². The van der Waals surface area contributed by atoms with Crippen LogP contribution in [0.4, 0.5) is 15.7 Å². The highest BCUT2D eigenvalue weighted by molar-refractivity contribution is 9.10. The summed E-state index contributed by atoms with van der Waals surface area (Å²) in [4.78, 5) is 21.7. The predicted octanol–water partition coefficient (Wildman–Crippen LogP) is 5.77. The van der Waals surface area contributed by atoms with E-state index >= 15 is 0 Å². The molecular weight excluding hydrogens is 468 g/mol. The maximum Gasteiger partial charge on any atom is 0.407 e. The number of hydrogen-bond acceptors (Lipinski definition) is 6. The van der Waals surface area contributed by atoms with Crippen molar-refractivity contribution >= 4 is 44.3 Å². The Kier molecular flexibility index (Phi) is 6.49. The van der Waals surface area contributed by atoms with Gasteiger partial charge >= 0.3 is 6.09 Å². The number of thiazole rings is 1. The number of carbonyl (C=O) groups is 1. The van der Waals surface area contributed by atoms with Crippen LogP contribution in [0, 0.1) is 5.92 Å². The Bertz CT molecular complexity index is 1010. The van der Waals surface area contributed by atoms with Crippen molar-refractivity contribution in [3.63, 3.8) is 0 Å². The molecule has 1 saturated heterocycles. The lowest BCUT2D eigenvalue weighted by molar-refractivity contribution is 0.124. The number of pyridine rings is 1. The minimum absolute atomic E-state index is 0.457. The van der Waals surface area contributed by atoms with Gasteiger partial charge in [0.2, 0.25) is 0 Å². The summed E-state index contributed by atoms with van der Waals surface area (Å²) in [6.07, 6.45) is 3.48. The Hall–Kier alpha value is -2.65. The Morgan fingerprint density at radius 1 is 1.30 bits per heavy atom. The van der Waals surface area contributed by atoms with Crippen LogP contribution >= 0.6 is 27.3 Å². The first-order chi connectivity index (χ1) is 14.6. The second kappa shape index (κ2) is 9.44. The van der Waals surface area contributed by atoms with E-state index in [1.54, 1.807) is 6.20 Å². The van der Waals surface area contributed by atoms with Gasteiger partial charge in [0, 0.05) is 35.2 Å². The van der Waals surface area contributed by atoms with E-state index in [2.05, 4.69) is 26.2 Å². The number of ether oxygens (including phenoxy) is 1. The number of piperidine rings is 1. The third-order valence-corrected chi connectivity index (χ3v) is 6.19. The summed E-state index contributed by atoms with van der Waals surface area (Å²) >= 11 is 4.97. The summed E-state index contributed by atoms with van der Waals surface area (Å²) in [6, 6.07) is 11.4. The van der Waals surface area contributed by atoms with Gasteiger partial charge < -0.3 is 20.1 Å². The number of benzene rings is 1. The molecule has 0 bridgehead atoms. The van der Waals surface area contributed by atoms with Gasteiger partial charge in [-0.2, -0.15) is 0 Å². The van der Waals surface area contributed by atoms with Crippen molar-refractivity contribution in [3.05, 3.63) is 58.1 Å². The molecule has 2 aromatic heterocycles. The Labute approximate surface area is 186 Å². The number of likely N-dealkylation sites (tertiary alicyclic amines) is 1. The molecule has 0 aliphatic carbocycles. The lowest BCUT2D eigenvalue weighted by atomic mass is 9.93. The molecule has 1 aliphatic heterocycles. The third-order valence-electron chi connectivity index (χ3n) is 4.95. The molecule has 0 spiro atoms. The SMILES string of the molecule is O=C(O)N1CCC(Cc2csc(Nc3ncc(Br)cc3Oc3ccccc3)n2)CC1. The van der Waals surface area contributed by atoms with Crippen molar-refractivity contribution in [2.75, 3.05) is 18.4 Å². The molecule has 1 aromatic carbocycles. The van der Waals surface area contributed by atoms with Crippen LogP contribution in [-0.2, 0) is 6.42 Å². The van der Waals surface area contributed by atoms with Gasteiger partial charge in [0.25, 0.3) is 0 Å². The summed E-state index contributed by atoms with van der Waals surface area (Å²) < 4.78 is 6.81. The van der Waals surface area contributed by atoms with E-state index in [1.165, 1.54) is 16.2 Å². The Morgan fingerprint density at radius 3 is 2.80 bits per heavy atom. The number of nitrogens with one attached hydrogen (secondary N) is 1. The molecule has 0 saturated carbocycles. The van der Waals surface area contributed by atoms with Gasteiger partial charge in [-0.25, -0.2) is 14.8 Å². The zero-order chi connectivity index (χ0) is 20.9. The zero-order valence-corrected chi connectivity index (χ0v) is 18.5. The van der Waals surface area contributed by atoms with Gasteiger partial charge in [-0.05, 0) is 53.2 Å². The molecule has 1 fully saturated rings. The van der Waals surface area contributed by atoms with Crippen molar-refractivity contribution < 1.29 is 14.6 Å². The van der Waals surface area contributed by atoms with Gasteiger partial charge in [-0.1, -0.05) is 18.2 Å². The van der Waals surface area contributed by atoms with E-state index in [0.717, 1.165) is 40.3 Å². The van der Waals surface area contributed by atoms with E-state index in [4.69, 9.17) is 14.8 Å². The molecular formula is C21H21BrN4O3S. The average Bonchev–Trinajstić information content (AvgIpc) is 3.18. The van der Waals surface area contributed by atoms with Crippen LogP contribution in [0.5, 0.6) is 11.5 Å². The van der Waals surface area contributed by atoms with Crippen molar-refractivity contribution in [3.8, 4) is 11.5 Å². The van der Waals surface area contributed by atoms with Crippen LogP contribution in [-0.4, -0.2) is 39.2 Å². The van der Waals surface area contributed by atoms with Crippen LogP contribution in [0.2, 0.25) is 0 Å². The molecule has 1 aliphatic rings. The first-order valence-corrected chi connectivity index (χ1v) is 11.3. The topological polar surface area (TPSA) is 87.6 Å². The van der Waals surface area contributed by atoms with E-state index < -0.39 is 6.09 Å². The lowest BCUT2D eigenvalue weighted by Crippen LogP contribution is -2.37. The van der Waals surface area contributed by atoms with Gasteiger partial charge in [-0.3, -0.25) is 0 Å². The van der Waals surface area contributed by atoms with Gasteiger partial charge in [0.05, 0.1) is 5.69 Å². The number of amides is 1. The largest absolute Gasteiger partial charge is 0.465 e.